The van der Waals surface area contributed by atoms with Crippen molar-refractivity contribution in [1.29, 1.82) is 0 Å². The third-order valence-electron chi connectivity index (χ3n) is 2.99. The number of amides is 1. The van der Waals surface area contributed by atoms with Crippen molar-refractivity contribution in [2.24, 2.45) is 5.92 Å². The molecule has 0 fully saturated rings. The summed E-state index contributed by atoms with van der Waals surface area (Å²) in [5, 5.41) is 2.99. The second-order valence-corrected chi connectivity index (χ2v) is 7.58. The van der Waals surface area contributed by atoms with Gasteiger partial charge in [0.25, 0.3) is 5.91 Å². The van der Waals surface area contributed by atoms with E-state index in [4.69, 9.17) is 0 Å². The highest BCUT2D eigenvalue weighted by Gasteiger charge is 2.16. The molecular weight excluding hydrogens is 336 g/mol. The van der Waals surface area contributed by atoms with E-state index < -0.39 is 0 Å². The van der Waals surface area contributed by atoms with Crippen LogP contribution in [0.5, 0.6) is 0 Å². The van der Waals surface area contributed by atoms with Gasteiger partial charge in [-0.05, 0) is 40.9 Å². The number of thiophene rings is 1. The largest absolute Gasteiger partial charge is 0.351 e. The third kappa shape index (κ3) is 3.33. The van der Waals surface area contributed by atoms with Crippen LogP contribution in [0.3, 0.4) is 0 Å². The van der Waals surface area contributed by atoms with Crippen molar-refractivity contribution in [3.8, 4) is 0 Å². The number of fused-ring (bicyclic) bond motifs is 1. The molecule has 0 bridgehead atoms. The first-order valence-electron chi connectivity index (χ1n) is 6.70. The van der Waals surface area contributed by atoms with Crippen LogP contribution in [-0.4, -0.2) is 17.0 Å². The number of nitrogens with zero attached hydrogens (tertiary/aromatic N) is 1. The molecule has 108 valence electrons. The average Bonchev–Trinajstić information content (AvgIpc) is 2.89. The molecule has 5 heteroatoms. The molecule has 2 heterocycles. The molecule has 0 aromatic carbocycles. The van der Waals surface area contributed by atoms with Gasteiger partial charge in [0.15, 0.2) is 0 Å². The number of aromatic nitrogens is 1. The van der Waals surface area contributed by atoms with E-state index in [-0.39, 0.29) is 5.91 Å². The summed E-state index contributed by atoms with van der Waals surface area (Å²) in [4.78, 5) is 12.3. The minimum absolute atomic E-state index is 0.00252. The zero-order chi connectivity index (χ0) is 14.7. The molecule has 0 saturated carbocycles. The lowest BCUT2D eigenvalue weighted by atomic mass is 10.2. The number of allylic oxidation sites excluding steroid dienone is 2. The second-order valence-electron chi connectivity index (χ2n) is 5.11. The fourth-order valence-electron chi connectivity index (χ4n) is 1.99. The lowest BCUT2D eigenvalue weighted by Crippen LogP contribution is -2.29. The fourth-order valence-corrected chi connectivity index (χ4v) is 3.56. The highest BCUT2D eigenvalue weighted by Crippen LogP contribution is 2.32. The molecule has 0 saturated heterocycles. The molecule has 2 aromatic heterocycles. The van der Waals surface area contributed by atoms with Gasteiger partial charge in [-0.2, -0.15) is 0 Å². The van der Waals surface area contributed by atoms with Gasteiger partial charge in [-0.1, -0.05) is 26.0 Å². The first-order chi connectivity index (χ1) is 9.52. The summed E-state index contributed by atoms with van der Waals surface area (Å²) < 4.78 is 4.29. The van der Waals surface area contributed by atoms with E-state index in [1.807, 2.05) is 19.1 Å². The molecule has 0 spiro atoms. The monoisotopic (exact) mass is 354 g/mol. The highest BCUT2D eigenvalue weighted by atomic mass is 79.9. The number of nitrogens with one attached hydrogen (secondary N) is 1. The van der Waals surface area contributed by atoms with Gasteiger partial charge in [0.2, 0.25) is 0 Å². The van der Waals surface area contributed by atoms with E-state index in [9.17, 15) is 4.79 Å². The number of carbonyl (C=O) groups is 1. The van der Waals surface area contributed by atoms with Crippen LogP contribution in [0.25, 0.3) is 10.2 Å². The fraction of sp³-hybridized carbons (Fsp3) is 0.400. The lowest BCUT2D eigenvalue weighted by Gasteiger charge is -2.10. The van der Waals surface area contributed by atoms with Crippen LogP contribution >= 0.6 is 27.3 Å². The Labute approximate surface area is 131 Å². The topological polar surface area (TPSA) is 34.0 Å². The molecule has 2 aromatic rings. The summed E-state index contributed by atoms with van der Waals surface area (Å²) in [5.41, 5.74) is 1.84. The van der Waals surface area contributed by atoms with Gasteiger partial charge in [-0.15, -0.1) is 11.3 Å². The molecule has 1 N–H and O–H groups in total. The zero-order valence-corrected chi connectivity index (χ0v) is 14.3. The molecule has 2 rings (SSSR count). The molecule has 0 unspecified atom stereocenters. The standard InChI is InChI=1S/C15H19BrN2OS/c1-4-5-6-18-11-8-14(16)20-13(11)7-12(18)15(19)17-9-10(2)3/h4-5,7-8,10H,6,9H2,1-3H3,(H,17,19). The Morgan fingerprint density at radius 1 is 1.50 bits per heavy atom. The Balaban J connectivity index is 2.35. The van der Waals surface area contributed by atoms with E-state index >= 15 is 0 Å². The Hall–Kier alpha value is -1.07. The predicted molar refractivity (Wildman–Crippen MR) is 89.5 cm³/mol. The van der Waals surface area contributed by atoms with E-state index in [0.29, 0.717) is 19.0 Å². The van der Waals surface area contributed by atoms with Gasteiger partial charge in [-0.3, -0.25) is 4.79 Å². The maximum absolute atomic E-state index is 12.3. The Bertz CT molecular complexity index is 640. The SMILES string of the molecule is CC=CCn1c(C(=O)NCC(C)C)cc2sc(Br)cc21. The number of hydrogen-bond donors (Lipinski definition) is 1. The summed E-state index contributed by atoms with van der Waals surface area (Å²) in [7, 11) is 0. The zero-order valence-electron chi connectivity index (χ0n) is 11.9. The molecule has 20 heavy (non-hydrogen) atoms. The Morgan fingerprint density at radius 3 is 2.90 bits per heavy atom. The molecule has 1 amide bonds. The first kappa shape index (κ1) is 15.3. The van der Waals surface area contributed by atoms with Gasteiger partial charge in [0.05, 0.1) is 14.0 Å². The van der Waals surface area contributed by atoms with Crippen molar-refractivity contribution in [2.45, 2.75) is 27.3 Å². The third-order valence-corrected chi connectivity index (χ3v) is 4.56. The van der Waals surface area contributed by atoms with Crippen LogP contribution in [0.4, 0.5) is 0 Å². The molecule has 0 radical (unpaired) electrons. The van der Waals surface area contributed by atoms with E-state index in [1.54, 1.807) is 11.3 Å². The minimum Gasteiger partial charge on any atom is -0.351 e. The average molecular weight is 355 g/mol. The normalized spacial score (nSPS) is 11.8. The predicted octanol–water partition coefficient (Wildman–Crippen LogP) is 4.43. The first-order valence-corrected chi connectivity index (χ1v) is 8.31. The quantitative estimate of drug-likeness (QED) is 0.791. The summed E-state index contributed by atoms with van der Waals surface area (Å²) in [6.45, 7) is 7.59. The van der Waals surface area contributed by atoms with Gasteiger partial charge in [0.1, 0.15) is 5.69 Å². The van der Waals surface area contributed by atoms with Crippen molar-refractivity contribution in [3.63, 3.8) is 0 Å². The van der Waals surface area contributed by atoms with Crippen molar-refractivity contribution < 1.29 is 4.79 Å². The van der Waals surface area contributed by atoms with Crippen LogP contribution < -0.4 is 5.32 Å². The molecule has 0 aliphatic heterocycles. The van der Waals surface area contributed by atoms with Crippen molar-refractivity contribution in [3.05, 3.63) is 33.8 Å². The van der Waals surface area contributed by atoms with Gasteiger partial charge in [-0.25, -0.2) is 0 Å². The Morgan fingerprint density at radius 2 is 2.25 bits per heavy atom. The van der Waals surface area contributed by atoms with E-state index in [2.05, 4.69) is 51.8 Å². The molecular formula is C15H19BrN2OS. The second kappa shape index (κ2) is 6.59. The summed E-state index contributed by atoms with van der Waals surface area (Å²) in [6.07, 6.45) is 4.06. The number of hydrogen-bond acceptors (Lipinski definition) is 2. The van der Waals surface area contributed by atoms with Gasteiger partial charge >= 0.3 is 0 Å². The van der Waals surface area contributed by atoms with Crippen LogP contribution in [0.2, 0.25) is 0 Å². The molecule has 0 atom stereocenters. The Kier molecular flexibility index (Phi) is 5.05. The maximum Gasteiger partial charge on any atom is 0.267 e. The molecule has 3 nitrogen and oxygen atoms in total. The minimum atomic E-state index is 0.00252. The summed E-state index contributed by atoms with van der Waals surface area (Å²) in [5.74, 6) is 0.455. The summed E-state index contributed by atoms with van der Waals surface area (Å²) >= 11 is 5.16. The summed E-state index contributed by atoms with van der Waals surface area (Å²) in [6, 6.07) is 4.05. The van der Waals surface area contributed by atoms with Gasteiger partial charge < -0.3 is 9.88 Å². The number of carbonyl (C=O) groups excluding carboxylic acids is 1. The lowest BCUT2D eigenvalue weighted by molar-refractivity contribution is 0.0940. The highest BCUT2D eigenvalue weighted by molar-refractivity contribution is 9.11. The molecule has 0 aliphatic carbocycles. The van der Waals surface area contributed by atoms with Crippen LogP contribution in [0.15, 0.2) is 28.1 Å². The van der Waals surface area contributed by atoms with E-state index in [1.165, 1.54) is 0 Å². The molecule has 0 aliphatic rings. The van der Waals surface area contributed by atoms with Crippen molar-refractivity contribution in [1.82, 2.24) is 9.88 Å². The number of rotatable bonds is 5. The van der Waals surface area contributed by atoms with Crippen LogP contribution in [0, 0.1) is 5.92 Å². The number of halogens is 1. The van der Waals surface area contributed by atoms with Crippen LogP contribution in [0.1, 0.15) is 31.3 Å². The van der Waals surface area contributed by atoms with Crippen LogP contribution in [-0.2, 0) is 6.54 Å². The van der Waals surface area contributed by atoms with Crippen molar-refractivity contribution >= 4 is 43.4 Å². The maximum atomic E-state index is 12.3. The van der Waals surface area contributed by atoms with E-state index in [0.717, 1.165) is 19.7 Å². The smallest absolute Gasteiger partial charge is 0.267 e. The van der Waals surface area contributed by atoms with Crippen molar-refractivity contribution in [2.75, 3.05) is 6.54 Å². The van der Waals surface area contributed by atoms with Gasteiger partial charge in [0, 0.05) is 13.1 Å².